The highest BCUT2D eigenvalue weighted by atomic mass is 32.1. The van der Waals surface area contributed by atoms with Crippen LogP contribution in [0.25, 0.3) is 0 Å². The minimum absolute atomic E-state index is 0.0191. The fourth-order valence-electron chi connectivity index (χ4n) is 1.59. The van der Waals surface area contributed by atoms with E-state index in [1.807, 2.05) is 26.2 Å². The van der Waals surface area contributed by atoms with Crippen LogP contribution in [-0.4, -0.2) is 17.4 Å². The van der Waals surface area contributed by atoms with Gasteiger partial charge in [-0.1, -0.05) is 13.8 Å². The van der Waals surface area contributed by atoms with Crippen molar-refractivity contribution in [2.45, 2.75) is 33.6 Å². The Kier molecular flexibility index (Phi) is 4.44. The number of anilines is 1. The summed E-state index contributed by atoms with van der Waals surface area (Å²) in [6, 6.07) is 0. The number of aryl methyl sites for hydroxylation is 1. The lowest BCUT2D eigenvalue weighted by atomic mass is 9.81. The average molecular weight is 241 g/mol. The Morgan fingerprint density at radius 2 is 2.19 bits per heavy atom. The normalized spacial score (nSPS) is 11.5. The zero-order valence-corrected chi connectivity index (χ0v) is 10.9. The molecule has 1 amide bonds. The van der Waals surface area contributed by atoms with Crippen molar-refractivity contribution >= 4 is 22.4 Å². The van der Waals surface area contributed by atoms with E-state index in [-0.39, 0.29) is 5.91 Å². The first-order valence-electron chi connectivity index (χ1n) is 5.51. The number of thiazole rings is 1. The summed E-state index contributed by atoms with van der Waals surface area (Å²) in [6.07, 6.45) is 1.49. The number of hydrogen-bond donors (Lipinski definition) is 2. The van der Waals surface area contributed by atoms with E-state index in [0.29, 0.717) is 11.7 Å². The van der Waals surface area contributed by atoms with Gasteiger partial charge in [-0.2, -0.15) is 0 Å². The smallest absolute Gasteiger partial charge is 0.233 e. The Bertz CT molecular complexity index is 350. The molecule has 0 aliphatic rings. The highest BCUT2D eigenvalue weighted by molar-refractivity contribution is 7.13. The summed E-state index contributed by atoms with van der Waals surface area (Å²) in [5.41, 5.74) is 6.17. The number of carbonyl (C=O) groups excluding carboxylic acids is 1. The summed E-state index contributed by atoms with van der Waals surface area (Å²) in [5.74, 6) is -0.0191. The van der Waals surface area contributed by atoms with Crippen molar-refractivity contribution in [2.75, 3.05) is 11.9 Å². The van der Waals surface area contributed by atoms with Gasteiger partial charge in [0.15, 0.2) is 5.13 Å². The van der Waals surface area contributed by atoms with Crippen molar-refractivity contribution in [2.24, 2.45) is 11.1 Å². The molecule has 0 saturated heterocycles. The summed E-state index contributed by atoms with van der Waals surface area (Å²) >= 11 is 1.44. The number of aromatic nitrogens is 1. The van der Waals surface area contributed by atoms with Gasteiger partial charge in [-0.25, -0.2) is 4.98 Å². The number of amides is 1. The number of carbonyl (C=O) groups is 1. The average Bonchev–Trinajstić information content (AvgIpc) is 2.67. The van der Waals surface area contributed by atoms with E-state index in [4.69, 9.17) is 5.73 Å². The van der Waals surface area contributed by atoms with Crippen LogP contribution < -0.4 is 11.1 Å². The fraction of sp³-hybridized carbons (Fsp3) is 0.636. The molecule has 16 heavy (non-hydrogen) atoms. The second-order valence-electron chi connectivity index (χ2n) is 3.94. The Balaban J connectivity index is 2.77. The van der Waals surface area contributed by atoms with Gasteiger partial charge in [0.2, 0.25) is 5.91 Å². The summed E-state index contributed by atoms with van der Waals surface area (Å²) in [4.78, 5) is 16.3. The number of rotatable bonds is 5. The molecule has 0 aliphatic heterocycles. The second-order valence-corrected chi connectivity index (χ2v) is 4.80. The monoisotopic (exact) mass is 241 g/mol. The van der Waals surface area contributed by atoms with Crippen LogP contribution >= 0.6 is 11.3 Å². The first kappa shape index (κ1) is 13.1. The maximum atomic E-state index is 12.1. The molecular formula is C11H19N3OS. The third kappa shape index (κ3) is 2.59. The van der Waals surface area contributed by atoms with Gasteiger partial charge in [0.25, 0.3) is 0 Å². The molecule has 0 aliphatic carbocycles. The minimum Gasteiger partial charge on any atom is -0.329 e. The van der Waals surface area contributed by atoms with Crippen molar-refractivity contribution in [3.8, 4) is 0 Å². The van der Waals surface area contributed by atoms with Crippen molar-refractivity contribution in [1.29, 1.82) is 0 Å². The Hall–Kier alpha value is -0.940. The standard InChI is InChI=1S/C11H19N3OS/c1-4-11(5-2,7-12)9(15)14-10-13-8(3)6-16-10/h6H,4-5,7,12H2,1-3H3,(H,13,14,15). The van der Waals surface area contributed by atoms with E-state index in [1.54, 1.807) is 0 Å². The quantitative estimate of drug-likeness (QED) is 0.830. The molecule has 0 saturated carbocycles. The van der Waals surface area contributed by atoms with Crippen LogP contribution in [0.3, 0.4) is 0 Å². The molecular weight excluding hydrogens is 222 g/mol. The van der Waals surface area contributed by atoms with Gasteiger partial charge >= 0.3 is 0 Å². The van der Waals surface area contributed by atoms with Gasteiger partial charge in [-0.15, -0.1) is 11.3 Å². The molecule has 1 heterocycles. The Morgan fingerprint density at radius 1 is 1.56 bits per heavy atom. The topological polar surface area (TPSA) is 68.0 Å². The third-order valence-corrected chi connectivity index (χ3v) is 3.94. The van der Waals surface area contributed by atoms with Crippen LogP contribution in [0.1, 0.15) is 32.4 Å². The molecule has 1 aromatic rings. The molecule has 5 heteroatoms. The van der Waals surface area contributed by atoms with Crippen LogP contribution in [0.2, 0.25) is 0 Å². The zero-order valence-electron chi connectivity index (χ0n) is 10.0. The first-order chi connectivity index (χ1) is 7.57. The van der Waals surface area contributed by atoms with Crippen LogP contribution in [0.4, 0.5) is 5.13 Å². The maximum absolute atomic E-state index is 12.1. The van der Waals surface area contributed by atoms with E-state index in [0.717, 1.165) is 18.5 Å². The molecule has 0 aromatic carbocycles. The lowest BCUT2D eigenvalue weighted by Gasteiger charge is -2.27. The summed E-state index contributed by atoms with van der Waals surface area (Å²) in [6.45, 7) is 6.25. The number of nitrogens with zero attached hydrogens (tertiary/aromatic N) is 1. The largest absolute Gasteiger partial charge is 0.329 e. The highest BCUT2D eigenvalue weighted by Crippen LogP contribution is 2.27. The van der Waals surface area contributed by atoms with Gasteiger partial charge in [-0.3, -0.25) is 4.79 Å². The van der Waals surface area contributed by atoms with Crippen LogP contribution in [0, 0.1) is 12.3 Å². The molecule has 0 fully saturated rings. The molecule has 4 nitrogen and oxygen atoms in total. The van der Waals surface area contributed by atoms with Crippen LogP contribution in [0.5, 0.6) is 0 Å². The van der Waals surface area contributed by atoms with Gasteiger partial charge in [-0.05, 0) is 19.8 Å². The van der Waals surface area contributed by atoms with E-state index in [9.17, 15) is 4.79 Å². The lowest BCUT2D eigenvalue weighted by Crippen LogP contribution is -2.41. The zero-order chi connectivity index (χ0) is 12.2. The molecule has 1 rings (SSSR count). The molecule has 90 valence electrons. The van der Waals surface area contributed by atoms with Crippen molar-refractivity contribution in [3.63, 3.8) is 0 Å². The summed E-state index contributed by atoms with van der Waals surface area (Å²) in [7, 11) is 0. The van der Waals surface area contributed by atoms with Gasteiger partial charge < -0.3 is 11.1 Å². The SMILES string of the molecule is CCC(CC)(CN)C(=O)Nc1nc(C)cs1. The summed E-state index contributed by atoms with van der Waals surface area (Å²) < 4.78 is 0. The predicted octanol–water partition coefficient (Wildman–Crippen LogP) is 2.16. The summed E-state index contributed by atoms with van der Waals surface area (Å²) in [5, 5.41) is 5.41. The molecule has 0 unspecified atom stereocenters. The number of hydrogen-bond acceptors (Lipinski definition) is 4. The maximum Gasteiger partial charge on any atom is 0.233 e. The minimum atomic E-state index is -0.459. The third-order valence-electron chi connectivity index (χ3n) is 3.07. The van der Waals surface area contributed by atoms with Crippen molar-refractivity contribution in [3.05, 3.63) is 11.1 Å². The van der Waals surface area contributed by atoms with E-state index >= 15 is 0 Å². The highest BCUT2D eigenvalue weighted by Gasteiger charge is 2.33. The fourth-order valence-corrected chi connectivity index (χ4v) is 2.28. The Labute approximate surface area is 100 Å². The predicted molar refractivity (Wildman–Crippen MR) is 67.6 cm³/mol. The van der Waals surface area contributed by atoms with E-state index < -0.39 is 5.41 Å². The molecule has 0 atom stereocenters. The second kappa shape index (κ2) is 5.41. The number of nitrogens with two attached hydrogens (primary N) is 1. The molecule has 0 radical (unpaired) electrons. The van der Waals surface area contributed by atoms with Crippen LogP contribution in [0.15, 0.2) is 5.38 Å². The van der Waals surface area contributed by atoms with Crippen LogP contribution in [-0.2, 0) is 4.79 Å². The molecule has 1 aromatic heterocycles. The van der Waals surface area contributed by atoms with E-state index in [2.05, 4.69) is 10.3 Å². The number of nitrogens with one attached hydrogen (secondary N) is 1. The first-order valence-corrected chi connectivity index (χ1v) is 6.39. The Morgan fingerprint density at radius 3 is 2.56 bits per heavy atom. The molecule has 3 N–H and O–H groups in total. The van der Waals surface area contributed by atoms with Crippen molar-refractivity contribution < 1.29 is 4.79 Å². The molecule has 0 spiro atoms. The lowest BCUT2D eigenvalue weighted by molar-refractivity contribution is -0.125. The van der Waals surface area contributed by atoms with Gasteiger partial charge in [0.1, 0.15) is 0 Å². The van der Waals surface area contributed by atoms with E-state index in [1.165, 1.54) is 11.3 Å². The van der Waals surface area contributed by atoms with Gasteiger partial charge in [0.05, 0.1) is 11.1 Å². The van der Waals surface area contributed by atoms with Gasteiger partial charge in [0, 0.05) is 11.9 Å². The molecule has 0 bridgehead atoms. The van der Waals surface area contributed by atoms with Crippen molar-refractivity contribution in [1.82, 2.24) is 4.98 Å².